The number of fused-ring (bicyclic) bond motifs is 4. The molecule has 0 amide bonds. The van der Waals surface area contributed by atoms with Crippen molar-refractivity contribution in [3.63, 3.8) is 0 Å². The number of Topliss-reactive ketones (excluding diaryl/α,β-unsaturated/α-hetero) is 1. The number of rotatable bonds is 10. The van der Waals surface area contributed by atoms with Gasteiger partial charge < -0.3 is 4.57 Å². The van der Waals surface area contributed by atoms with E-state index in [1.54, 1.807) is 27.8 Å². The van der Waals surface area contributed by atoms with Crippen molar-refractivity contribution in [3.05, 3.63) is 88.5 Å². The molecule has 0 bridgehead atoms. The number of para-hydroxylation sites is 1. The Labute approximate surface area is 215 Å². The predicted molar refractivity (Wildman–Crippen MR) is 152 cm³/mol. The number of aromatic nitrogens is 1. The molecular weight excluding hydrogens is 438 g/mol. The van der Waals surface area contributed by atoms with Gasteiger partial charge in [0.25, 0.3) is 0 Å². The normalized spacial score (nSPS) is 14.7. The highest BCUT2D eigenvalue weighted by Crippen LogP contribution is 2.45. The molecule has 0 aliphatic heterocycles. The molecule has 1 saturated carbocycles. The highest BCUT2D eigenvalue weighted by Gasteiger charge is 2.26. The zero-order valence-electron chi connectivity index (χ0n) is 21.6. The van der Waals surface area contributed by atoms with E-state index in [9.17, 15) is 4.79 Å². The largest absolute Gasteiger partial charge is 0.333 e. The van der Waals surface area contributed by atoms with Crippen molar-refractivity contribution in [2.24, 2.45) is 0 Å². The summed E-state index contributed by atoms with van der Waals surface area (Å²) in [7, 11) is 0. The third-order valence-electron chi connectivity index (χ3n) is 8.22. The molecule has 2 nitrogen and oxygen atoms in total. The number of ketones is 1. The summed E-state index contributed by atoms with van der Waals surface area (Å²) in [6.45, 7) is 2.55. The molecule has 36 heavy (non-hydrogen) atoms. The fraction of sp³-hybridized carbons (Fsp3) is 0.382. The summed E-state index contributed by atoms with van der Waals surface area (Å²) in [5, 5.41) is 2.51. The molecule has 0 radical (unpaired) electrons. The molecule has 4 aromatic rings. The number of nitrogens with zero attached hydrogens (tertiary/aromatic N) is 1. The standard InChI is InChI=1S/C34H37NO/c1-2-9-28(36)23-35-32-15-7-6-14-30(32)31-20-16-24(22-33(31)35)10-4-3-5-11-26-12-8-13-27-19-21-29(34(26)27)25-17-18-25/h6-8,12-16,20,22H,2-5,9-11,17-19,21,23H2,1H3. The summed E-state index contributed by atoms with van der Waals surface area (Å²) in [5.41, 5.74) is 12.0. The smallest absolute Gasteiger partial charge is 0.152 e. The van der Waals surface area contributed by atoms with E-state index in [2.05, 4.69) is 72.2 Å². The van der Waals surface area contributed by atoms with E-state index in [4.69, 9.17) is 0 Å². The average Bonchev–Trinajstić information content (AvgIpc) is 3.58. The van der Waals surface area contributed by atoms with Crippen molar-refractivity contribution in [1.82, 2.24) is 4.57 Å². The number of allylic oxidation sites excluding steroid dienone is 2. The number of hydrogen-bond donors (Lipinski definition) is 0. The lowest BCUT2D eigenvalue weighted by Crippen LogP contribution is -2.09. The van der Waals surface area contributed by atoms with Gasteiger partial charge >= 0.3 is 0 Å². The van der Waals surface area contributed by atoms with Crippen LogP contribution in [-0.4, -0.2) is 10.4 Å². The van der Waals surface area contributed by atoms with Crippen molar-refractivity contribution < 1.29 is 4.79 Å². The summed E-state index contributed by atoms with van der Waals surface area (Å²) in [5.74, 6) is 0.318. The summed E-state index contributed by atoms with van der Waals surface area (Å²) < 4.78 is 2.24. The molecule has 184 valence electrons. The molecule has 1 aromatic heterocycles. The number of unbranched alkanes of at least 4 members (excludes halogenated alkanes) is 2. The second-order valence-electron chi connectivity index (χ2n) is 10.8. The van der Waals surface area contributed by atoms with Crippen LogP contribution in [0.15, 0.2) is 66.2 Å². The first-order valence-corrected chi connectivity index (χ1v) is 14.1. The van der Waals surface area contributed by atoms with Gasteiger partial charge in [-0.1, -0.05) is 67.4 Å². The Morgan fingerprint density at radius 2 is 1.64 bits per heavy atom. The fourth-order valence-electron chi connectivity index (χ4n) is 6.34. The van der Waals surface area contributed by atoms with Crippen LogP contribution in [0, 0.1) is 0 Å². The minimum absolute atomic E-state index is 0.318. The Balaban J connectivity index is 1.13. The quantitative estimate of drug-likeness (QED) is 0.210. The summed E-state index contributed by atoms with van der Waals surface area (Å²) in [4.78, 5) is 12.6. The van der Waals surface area contributed by atoms with Gasteiger partial charge in [-0.05, 0) is 97.7 Å². The van der Waals surface area contributed by atoms with Crippen molar-refractivity contribution in [2.75, 3.05) is 0 Å². The minimum Gasteiger partial charge on any atom is -0.333 e. The lowest BCUT2D eigenvalue weighted by Gasteiger charge is -2.10. The van der Waals surface area contributed by atoms with Crippen LogP contribution in [0.3, 0.4) is 0 Å². The zero-order valence-corrected chi connectivity index (χ0v) is 21.6. The van der Waals surface area contributed by atoms with Crippen molar-refractivity contribution in [3.8, 4) is 0 Å². The molecule has 0 saturated heterocycles. The van der Waals surface area contributed by atoms with Crippen LogP contribution in [0.5, 0.6) is 0 Å². The first-order chi connectivity index (χ1) is 17.7. The highest BCUT2D eigenvalue weighted by atomic mass is 16.1. The number of hydrogen-bond acceptors (Lipinski definition) is 1. The molecule has 0 spiro atoms. The average molecular weight is 476 g/mol. The van der Waals surface area contributed by atoms with Crippen LogP contribution in [-0.2, 0) is 30.6 Å². The third-order valence-corrected chi connectivity index (χ3v) is 8.22. The van der Waals surface area contributed by atoms with E-state index in [0.717, 1.165) is 12.8 Å². The maximum atomic E-state index is 12.6. The molecule has 2 aliphatic rings. The highest BCUT2D eigenvalue weighted by molar-refractivity contribution is 6.08. The van der Waals surface area contributed by atoms with Gasteiger partial charge in [0.1, 0.15) is 0 Å². The van der Waals surface area contributed by atoms with Gasteiger partial charge in [-0.3, -0.25) is 4.79 Å². The third kappa shape index (κ3) is 4.54. The number of carbonyl (C=O) groups excluding carboxylic acids is 1. The van der Waals surface area contributed by atoms with Gasteiger partial charge in [-0.2, -0.15) is 0 Å². The second-order valence-corrected chi connectivity index (χ2v) is 10.8. The lowest BCUT2D eigenvalue weighted by molar-refractivity contribution is -0.119. The maximum absolute atomic E-state index is 12.6. The lowest BCUT2D eigenvalue weighted by atomic mass is 9.95. The Morgan fingerprint density at radius 1 is 0.806 bits per heavy atom. The second kappa shape index (κ2) is 10.1. The van der Waals surface area contributed by atoms with Gasteiger partial charge in [-0.15, -0.1) is 0 Å². The molecule has 6 rings (SSSR count). The van der Waals surface area contributed by atoms with Crippen LogP contribution in [0.2, 0.25) is 0 Å². The number of benzene rings is 3. The Morgan fingerprint density at radius 3 is 2.50 bits per heavy atom. The van der Waals surface area contributed by atoms with Gasteiger partial charge in [-0.25, -0.2) is 0 Å². The zero-order chi connectivity index (χ0) is 24.5. The van der Waals surface area contributed by atoms with E-state index in [-0.39, 0.29) is 0 Å². The topological polar surface area (TPSA) is 22.0 Å². The molecule has 1 fully saturated rings. The van der Waals surface area contributed by atoms with Gasteiger partial charge in [0.2, 0.25) is 0 Å². The predicted octanol–water partition coefficient (Wildman–Crippen LogP) is 8.61. The molecular formula is C34H37NO. The van der Waals surface area contributed by atoms with E-state index in [1.165, 1.54) is 78.7 Å². The number of carbonyl (C=O) groups is 1. The minimum atomic E-state index is 0.318. The van der Waals surface area contributed by atoms with Crippen LogP contribution in [0.25, 0.3) is 27.4 Å². The van der Waals surface area contributed by atoms with E-state index < -0.39 is 0 Å². The molecule has 2 aliphatic carbocycles. The molecule has 1 heterocycles. The van der Waals surface area contributed by atoms with Gasteiger partial charge in [0, 0.05) is 28.2 Å². The maximum Gasteiger partial charge on any atom is 0.152 e. The Hall–Kier alpha value is -3.13. The molecule has 3 aromatic carbocycles. The van der Waals surface area contributed by atoms with Crippen LogP contribution in [0.4, 0.5) is 0 Å². The number of aryl methyl sites for hydroxylation is 3. The van der Waals surface area contributed by atoms with Crippen molar-refractivity contribution in [1.29, 1.82) is 0 Å². The van der Waals surface area contributed by atoms with Crippen LogP contribution >= 0.6 is 0 Å². The first-order valence-electron chi connectivity index (χ1n) is 14.1. The SMILES string of the molecule is CCCC(=O)Cn1c2ccccc2c2ccc(CCCCCc3cccc4c3C(=C3CC3)CC4)cc21. The Bertz CT molecular complexity index is 1460. The van der Waals surface area contributed by atoms with E-state index in [1.807, 2.05) is 0 Å². The summed E-state index contributed by atoms with van der Waals surface area (Å²) in [6.07, 6.45) is 12.8. The summed E-state index contributed by atoms with van der Waals surface area (Å²) in [6, 6.07) is 22.4. The molecule has 0 N–H and O–H groups in total. The molecule has 0 atom stereocenters. The van der Waals surface area contributed by atoms with Gasteiger partial charge in [0.05, 0.1) is 6.54 Å². The monoisotopic (exact) mass is 475 g/mol. The van der Waals surface area contributed by atoms with Crippen LogP contribution in [0.1, 0.15) is 80.5 Å². The van der Waals surface area contributed by atoms with E-state index in [0.29, 0.717) is 18.7 Å². The van der Waals surface area contributed by atoms with Crippen molar-refractivity contribution in [2.45, 2.75) is 84.1 Å². The summed E-state index contributed by atoms with van der Waals surface area (Å²) >= 11 is 0. The molecule has 2 heteroatoms. The van der Waals surface area contributed by atoms with Gasteiger partial charge in [0.15, 0.2) is 5.78 Å². The Kier molecular flexibility index (Phi) is 6.52. The fourth-order valence-corrected chi connectivity index (χ4v) is 6.34. The van der Waals surface area contributed by atoms with E-state index >= 15 is 0 Å². The van der Waals surface area contributed by atoms with Crippen LogP contribution < -0.4 is 0 Å². The molecule has 0 unspecified atom stereocenters. The van der Waals surface area contributed by atoms with Crippen molar-refractivity contribution >= 4 is 33.2 Å². The first kappa shape index (κ1) is 23.3.